The Bertz CT molecular complexity index is 735. The monoisotopic (exact) mass is 441 g/mol. The molecule has 0 spiro atoms. The van der Waals surface area contributed by atoms with Crippen molar-refractivity contribution >= 4 is 11.9 Å². The highest BCUT2D eigenvalue weighted by Gasteiger charge is 2.19. The Kier molecular flexibility index (Phi) is 15.2. The van der Waals surface area contributed by atoms with Gasteiger partial charge in [0, 0.05) is 12.5 Å². The summed E-state index contributed by atoms with van der Waals surface area (Å²) in [6, 6.07) is 5.22. The van der Waals surface area contributed by atoms with E-state index in [1.54, 1.807) is 24.3 Å². The molecule has 1 amide bonds. The third-order valence-electron chi connectivity index (χ3n) is 5.18. The molecular formula is C27H39NO4. The minimum absolute atomic E-state index is 0.113. The molecule has 0 radical (unpaired) electrons. The van der Waals surface area contributed by atoms with Crippen molar-refractivity contribution in [1.29, 1.82) is 0 Å². The molecule has 5 heteroatoms. The summed E-state index contributed by atoms with van der Waals surface area (Å²) in [5.74, 6) is -1.45. The van der Waals surface area contributed by atoms with Gasteiger partial charge in [-0.05, 0) is 30.5 Å². The lowest BCUT2D eigenvalue weighted by atomic mass is 10.1. The smallest absolute Gasteiger partial charge is 0.326 e. The Morgan fingerprint density at radius 1 is 0.875 bits per heavy atom. The number of carbonyl (C=O) groups excluding carboxylic acids is 1. The number of carboxylic acid groups (broad SMARTS) is 1. The summed E-state index contributed by atoms with van der Waals surface area (Å²) in [6.07, 6.45) is 23.8. The first kappa shape index (κ1) is 27.2. The summed E-state index contributed by atoms with van der Waals surface area (Å²) >= 11 is 0. The molecule has 1 atom stereocenters. The third-order valence-corrected chi connectivity index (χ3v) is 5.18. The summed E-state index contributed by atoms with van der Waals surface area (Å²) in [6.45, 7) is 2.25. The second-order valence-corrected chi connectivity index (χ2v) is 8.06. The molecule has 0 saturated carbocycles. The Balaban J connectivity index is 2.19. The van der Waals surface area contributed by atoms with Crippen LogP contribution in [0.2, 0.25) is 0 Å². The maximum atomic E-state index is 12.0. The molecule has 0 unspecified atom stereocenters. The van der Waals surface area contributed by atoms with Crippen LogP contribution in [-0.2, 0) is 16.0 Å². The number of aliphatic carboxylic acids is 1. The normalized spacial score (nSPS) is 12.7. The lowest BCUT2D eigenvalue weighted by molar-refractivity contribution is -0.141. The van der Waals surface area contributed by atoms with Crippen LogP contribution in [0, 0.1) is 0 Å². The van der Waals surface area contributed by atoms with Gasteiger partial charge in [0.1, 0.15) is 11.8 Å². The number of hydrogen-bond donors (Lipinski definition) is 3. The van der Waals surface area contributed by atoms with Crippen molar-refractivity contribution in [2.45, 2.75) is 83.6 Å². The number of carbonyl (C=O) groups is 2. The van der Waals surface area contributed by atoms with E-state index in [1.807, 2.05) is 12.2 Å². The number of unbranched alkanes of at least 4 members (excludes halogenated alkanes) is 9. The van der Waals surface area contributed by atoms with Gasteiger partial charge in [-0.3, -0.25) is 4.79 Å². The van der Waals surface area contributed by atoms with E-state index < -0.39 is 17.9 Å². The minimum Gasteiger partial charge on any atom is -0.508 e. The van der Waals surface area contributed by atoms with Crippen molar-refractivity contribution in [3.05, 3.63) is 66.3 Å². The Morgan fingerprint density at radius 2 is 1.47 bits per heavy atom. The van der Waals surface area contributed by atoms with Crippen LogP contribution >= 0.6 is 0 Å². The Labute approximate surface area is 192 Å². The van der Waals surface area contributed by atoms with E-state index in [-0.39, 0.29) is 12.2 Å². The number of phenolic OH excluding ortho intramolecular Hbond substituents is 1. The largest absolute Gasteiger partial charge is 0.508 e. The Hall–Kier alpha value is -2.82. The van der Waals surface area contributed by atoms with Gasteiger partial charge in [-0.1, -0.05) is 101 Å². The minimum atomic E-state index is -1.10. The zero-order valence-electron chi connectivity index (χ0n) is 19.3. The molecule has 0 saturated heterocycles. The molecule has 0 heterocycles. The maximum Gasteiger partial charge on any atom is 0.326 e. The molecule has 0 aliphatic carbocycles. The summed E-state index contributed by atoms with van der Waals surface area (Å²) in [5.41, 5.74) is 0.719. The number of rotatable bonds is 17. The van der Waals surface area contributed by atoms with Gasteiger partial charge in [0.25, 0.3) is 0 Å². The van der Waals surface area contributed by atoms with Crippen LogP contribution in [0.3, 0.4) is 0 Å². The van der Waals surface area contributed by atoms with Crippen LogP contribution < -0.4 is 5.32 Å². The molecular weight excluding hydrogens is 402 g/mol. The number of phenols is 1. The van der Waals surface area contributed by atoms with Gasteiger partial charge in [0.05, 0.1) is 0 Å². The number of nitrogens with one attached hydrogen (secondary N) is 1. The first-order valence-electron chi connectivity index (χ1n) is 11.8. The highest BCUT2D eigenvalue weighted by Crippen LogP contribution is 2.12. The van der Waals surface area contributed by atoms with Crippen LogP contribution in [0.1, 0.15) is 76.7 Å². The molecule has 0 fully saturated rings. The molecule has 32 heavy (non-hydrogen) atoms. The molecule has 0 aliphatic rings. The first-order valence-corrected chi connectivity index (χ1v) is 11.8. The van der Waals surface area contributed by atoms with Crippen LogP contribution in [0.15, 0.2) is 60.7 Å². The van der Waals surface area contributed by atoms with Gasteiger partial charge in [-0.15, -0.1) is 0 Å². The van der Waals surface area contributed by atoms with Crippen LogP contribution in [0.4, 0.5) is 0 Å². The zero-order valence-corrected chi connectivity index (χ0v) is 19.3. The predicted molar refractivity (Wildman–Crippen MR) is 131 cm³/mol. The van der Waals surface area contributed by atoms with Crippen molar-refractivity contribution in [2.24, 2.45) is 0 Å². The van der Waals surface area contributed by atoms with E-state index in [2.05, 4.69) is 18.3 Å². The fraction of sp³-hybridized carbons (Fsp3) is 0.481. The van der Waals surface area contributed by atoms with E-state index in [1.165, 1.54) is 76.0 Å². The first-order chi connectivity index (χ1) is 15.5. The number of aromatic hydroxyl groups is 1. The highest BCUT2D eigenvalue weighted by atomic mass is 16.4. The number of carboxylic acids is 1. The molecule has 0 aliphatic heterocycles. The van der Waals surface area contributed by atoms with E-state index in [0.29, 0.717) is 0 Å². The summed E-state index contributed by atoms with van der Waals surface area (Å²) < 4.78 is 0. The molecule has 0 bridgehead atoms. The lowest BCUT2D eigenvalue weighted by Crippen LogP contribution is -2.41. The van der Waals surface area contributed by atoms with Crippen molar-refractivity contribution in [1.82, 2.24) is 5.32 Å². The molecule has 1 rings (SSSR count). The summed E-state index contributed by atoms with van der Waals surface area (Å²) in [4.78, 5) is 23.4. The fourth-order valence-electron chi connectivity index (χ4n) is 3.31. The van der Waals surface area contributed by atoms with E-state index >= 15 is 0 Å². The van der Waals surface area contributed by atoms with Gasteiger partial charge in [0.2, 0.25) is 5.91 Å². The van der Waals surface area contributed by atoms with E-state index in [4.69, 9.17) is 0 Å². The average molecular weight is 442 g/mol. The third kappa shape index (κ3) is 14.2. The van der Waals surface area contributed by atoms with Crippen molar-refractivity contribution in [3.63, 3.8) is 0 Å². The molecule has 5 nitrogen and oxygen atoms in total. The second kappa shape index (κ2) is 17.8. The molecule has 0 aromatic heterocycles. The summed E-state index contributed by atoms with van der Waals surface area (Å²) in [5, 5.41) is 21.1. The molecule has 3 N–H and O–H groups in total. The predicted octanol–water partition coefficient (Wildman–Crippen LogP) is 6.09. The van der Waals surface area contributed by atoms with Crippen molar-refractivity contribution in [2.75, 3.05) is 0 Å². The lowest BCUT2D eigenvalue weighted by Gasteiger charge is -2.13. The average Bonchev–Trinajstić information content (AvgIpc) is 2.77. The van der Waals surface area contributed by atoms with E-state index in [9.17, 15) is 19.8 Å². The van der Waals surface area contributed by atoms with Gasteiger partial charge in [0.15, 0.2) is 0 Å². The van der Waals surface area contributed by atoms with Crippen LogP contribution in [0.25, 0.3) is 0 Å². The van der Waals surface area contributed by atoms with Gasteiger partial charge < -0.3 is 15.5 Å². The number of benzene rings is 1. The van der Waals surface area contributed by atoms with Crippen LogP contribution in [0.5, 0.6) is 5.75 Å². The van der Waals surface area contributed by atoms with Gasteiger partial charge in [-0.25, -0.2) is 4.79 Å². The second-order valence-electron chi connectivity index (χ2n) is 8.06. The molecule has 1 aromatic rings. The van der Waals surface area contributed by atoms with Gasteiger partial charge >= 0.3 is 5.97 Å². The van der Waals surface area contributed by atoms with Crippen molar-refractivity contribution < 1.29 is 19.8 Å². The zero-order chi connectivity index (χ0) is 23.4. The summed E-state index contributed by atoms with van der Waals surface area (Å²) in [7, 11) is 0. The SMILES string of the molecule is CCCCCCCCCCCC=CC=CC=CC(=O)N[C@@H](Cc1ccc(O)cc1)C(=O)O. The number of allylic oxidation sites excluding steroid dienone is 5. The maximum absolute atomic E-state index is 12.0. The molecule has 176 valence electrons. The van der Waals surface area contributed by atoms with E-state index in [0.717, 1.165) is 12.0 Å². The standard InChI is InChI=1S/C27H39NO4/c1-2-3-4-5-6-7-8-9-10-11-12-13-14-15-16-17-26(30)28-25(27(31)32)22-23-18-20-24(29)21-19-23/h12-21,25,29H,2-11,22H2,1H3,(H,28,30)(H,31,32)/t25-/m0/s1. The number of hydrogen-bond acceptors (Lipinski definition) is 3. The van der Waals surface area contributed by atoms with Gasteiger partial charge in [-0.2, -0.15) is 0 Å². The molecule has 1 aromatic carbocycles. The topological polar surface area (TPSA) is 86.6 Å². The quantitative estimate of drug-likeness (QED) is 0.155. The van der Waals surface area contributed by atoms with Crippen molar-refractivity contribution in [3.8, 4) is 5.75 Å². The fourth-order valence-corrected chi connectivity index (χ4v) is 3.31. The number of amides is 1. The highest BCUT2D eigenvalue weighted by molar-refractivity contribution is 5.91. The van der Waals surface area contributed by atoms with Crippen LogP contribution in [-0.4, -0.2) is 28.1 Å². The Morgan fingerprint density at radius 3 is 2.09 bits per heavy atom.